The number of aromatic nitrogens is 1. The van der Waals surface area contributed by atoms with Gasteiger partial charge >= 0.3 is 6.18 Å². The lowest BCUT2D eigenvalue weighted by atomic mass is 10.1. The van der Waals surface area contributed by atoms with E-state index in [1.165, 1.54) is 18.3 Å². The average molecular weight is 390 g/mol. The Morgan fingerprint density at radius 3 is 2.61 bits per heavy atom. The molecule has 1 aromatic heterocycles. The zero-order valence-corrected chi connectivity index (χ0v) is 15.1. The highest BCUT2D eigenvalue weighted by Gasteiger charge is 2.30. The van der Waals surface area contributed by atoms with Crippen molar-refractivity contribution in [2.75, 3.05) is 11.9 Å². The molecule has 2 aromatic carbocycles. The number of nitrogens with zero attached hydrogens (tertiary/aromatic N) is 1. The molecule has 0 aliphatic rings. The molecule has 0 aliphatic heterocycles. The van der Waals surface area contributed by atoms with Crippen LogP contribution in [0, 0.1) is 0 Å². The van der Waals surface area contributed by atoms with Crippen LogP contribution in [0.25, 0.3) is 10.9 Å². The first-order valence-corrected chi connectivity index (χ1v) is 8.45. The van der Waals surface area contributed by atoms with E-state index in [-0.39, 0.29) is 16.6 Å². The predicted molar refractivity (Wildman–Crippen MR) is 99.8 cm³/mol. The maximum atomic E-state index is 12.8. The number of aryl methyl sites for hydroxylation is 1. The smallest absolute Gasteiger partial charge is 0.416 e. The summed E-state index contributed by atoms with van der Waals surface area (Å²) in [6.45, 7) is 2.22. The van der Waals surface area contributed by atoms with Gasteiger partial charge in [-0.1, -0.05) is 6.07 Å². The Labute approximate surface area is 158 Å². The van der Waals surface area contributed by atoms with E-state index in [0.29, 0.717) is 17.9 Å². The zero-order valence-electron chi connectivity index (χ0n) is 15.1. The normalized spacial score (nSPS) is 11.5. The maximum Gasteiger partial charge on any atom is 0.416 e. The maximum absolute atomic E-state index is 12.8. The van der Waals surface area contributed by atoms with Gasteiger partial charge in [0.1, 0.15) is 11.3 Å². The van der Waals surface area contributed by atoms with Gasteiger partial charge in [-0.15, -0.1) is 0 Å². The van der Waals surface area contributed by atoms with E-state index < -0.39 is 23.1 Å². The molecule has 146 valence electrons. The molecule has 8 heteroatoms. The molecular weight excluding hydrogens is 373 g/mol. The van der Waals surface area contributed by atoms with Gasteiger partial charge in [0.05, 0.1) is 23.1 Å². The van der Waals surface area contributed by atoms with Crippen LogP contribution in [-0.2, 0) is 13.2 Å². The molecule has 1 heterocycles. The summed E-state index contributed by atoms with van der Waals surface area (Å²) in [6.07, 6.45) is -3.18. The SMILES string of the molecule is CCOc1ccc2c(c1)c(=O)c(C(=O)Nc1cccc(C(F)(F)F)c1)cn2C. The Balaban J connectivity index is 2.00. The Morgan fingerprint density at radius 1 is 1.18 bits per heavy atom. The number of rotatable bonds is 4. The molecule has 0 aliphatic carbocycles. The van der Waals surface area contributed by atoms with Gasteiger partial charge in [0.25, 0.3) is 5.91 Å². The molecule has 1 N–H and O–H groups in total. The summed E-state index contributed by atoms with van der Waals surface area (Å²) in [5, 5.41) is 2.64. The summed E-state index contributed by atoms with van der Waals surface area (Å²) in [5.74, 6) is -0.300. The highest BCUT2D eigenvalue weighted by molar-refractivity contribution is 6.05. The first kappa shape index (κ1) is 19.5. The van der Waals surface area contributed by atoms with Gasteiger partial charge in [0.2, 0.25) is 5.43 Å². The summed E-state index contributed by atoms with van der Waals surface area (Å²) >= 11 is 0. The van der Waals surface area contributed by atoms with Crippen molar-refractivity contribution in [1.82, 2.24) is 4.57 Å². The standard InChI is InChI=1S/C20H17F3N2O3/c1-3-28-14-7-8-17-15(10-14)18(26)16(11-25(17)2)19(27)24-13-6-4-5-12(9-13)20(21,22)23/h4-11H,3H2,1-2H3,(H,24,27). The van der Waals surface area contributed by atoms with E-state index in [4.69, 9.17) is 4.74 Å². The van der Waals surface area contributed by atoms with Gasteiger partial charge in [-0.2, -0.15) is 13.2 Å². The van der Waals surface area contributed by atoms with E-state index in [1.807, 2.05) is 0 Å². The zero-order chi connectivity index (χ0) is 20.5. The number of amides is 1. The molecule has 0 atom stereocenters. The topological polar surface area (TPSA) is 60.3 Å². The second-order valence-corrected chi connectivity index (χ2v) is 6.13. The molecule has 3 aromatic rings. The van der Waals surface area contributed by atoms with Crippen LogP contribution in [0.2, 0.25) is 0 Å². The fraction of sp³-hybridized carbons (Fsp3) is 0.200. The Morgan fingerprint density at radius 2 is 1.93 bits per heavy atom. The first-order chi connectivity index (χ1) is 13.2. The van der Waals surface area contributed by atoms with Gasteiger partial charge in [-0.25, -0.2) is 0 Å². The van der Waals surface area contributed by atoms with Gasteiger partial charge in [-0.3, -0.25) is 9.59 Å². The monoisotopic (exact) mass is 390 g/mol. The second-order valence-electron chi connectivity index (χ2n) is 6.13. The van der Waals surface area contributed by atoms with Crippen molar-refractivity contribution in [1.29, 1.82) is 0 Å². The lowest BCUT2D eigenvalue weighted by molar-refractivity contribution is -0.137. The molecule has 0 radical (unpaired) electrons. The molecule has 28 heavy (non-hydrogen) atoms. The van der Waals surface area contributed by atoms with Crippen LogP contribution in [0.15, 0.2) is 53.5 Å². The quantitative estimate of drug-likeness (QED) is 0.726. The Kier molecular flexibility index (Phi) is 5.13. The molecular formula is C20H17F3N2O3. The van der Waals surface area contributed by atoms with Crippen LogP contribution >= 0.6 is 0 Å². The van der Waals surface area contributed by atoms with Crippen LogP contribution in [0.5, 0.6) is 5.75 Å². The van der Waals surface area contributed by atoms with Crippen molar-refractivity contribution < 1.29 is 22.7 Å². The second kappa shape index (κ2) is 7.38. The summed E-state index contributed by atoms with van der Waals surface area (Å²) < 4.78 is 45.5. The largest absolute Gasteiger partial charge is 0.494 e. The van der Waals surface area contributed by atoms with Crippen molar-refractivity contribution in [3.05, 3.63) is 70.0 Å². The van der Waals surface area contributed by atoms with E-state index >= 15 is 0 Å². The highest BCUT2D eigenvalue weighted by atomic mass is 19.4. The average Bonchev–Trinajstić information content (AvgIpc) is 2.64. The number of halogens is 3. The number of carbonyl (C=O) groups is 1. The molecule has 3 rings (SSSR count). The third kappa shape index (κ3) is 3.85. The van der Waals surface area contributed by atoms with Gasteiger partial charge in [0.15, 0.2) is 0 Å². The third-order valence-electron chi connectivity index (χ3n) is 4.16. The van der Waals surface area contributed by atoms with Crippen LogP contribution in [0.3, 0.4) is 0 Å². The molecule has 1 amide bonds. The first-order valence-electron chi connectivity index (χ1n) is 8.45. The number of alkyl halides is 3. The number of carbonyl (C=O) groups excluding carboxylic acids is 1. The van der Waals surface area contributed by atoms with E-state index in [2.05, 4.69) is 5.32 Å². The lowest BCUT2D eigenvalue weighted by Gasteiger charge is -2.12. The molecule has 0 spiro atoms. The predicted octanol–water partition coefficient (Wildman–Crippen LogP) is 4.21. The van der Waals surface area contributed by atoms with E-state index in [1.54, 1.807) is 36.7 Å². The summed E-state index contributed by atoms with van der Waals surface area (Å²) in [4.78, 5) is 25.4. The molecule has 0 saturated heterocycles. The van der Waals surface area contributed by atoms with Crippen molar-refractivity contribution in [2.45, 2.75) is 13.1 Å². The lowest BCUT2D eigenvalue weighted by Crippen LogP contribution is -2.23. The summed E-state index contributed by atoms with van der Waals surface area (Å²) in [6, 6.07) is 9.19. The number of benzene rings is 2. The highest BCUT2D eigenvalue weighted by Crippen LogP contribution is 2.30. The molecule has 5 nitrogen and oxygen atoms in total. The van der Waals surface area contributed by atoms with E-state index in [9.17, 15) is 22.8 Å². The Hall–Kier alpha value is -3.29. The fourth-order valence-corrected chi connectivity index (χ4v) is 2.86. The van der Waals surface area contributed by atoms with Crippen molar-refractivity contribution in [3.8, 4) is 5.75 Å². The Bertz CT molecular complexity index is 1100. The molecule has 0 fully saturated rings. The van der Waals surface area contributed by atoms with Gasteiger partial charge in [-0.05, 0) is 43.3 Å². The van der Waals surface area contributed by atoms with Gasteiger partial charge < -0.3 is 14.6 Å². The number of anilines is 1. The number of fused-ring (bicyclic) bond motifs is 1. The van der Waals surface area contributed by atoms with Gasteiger partial charge in [0, 0.05) is 18.9 Å². The molecule has 0 bridgehead atoms. The minimum atomic E-state index is -4.53. The van der Waals surface area contributed by atoms with Crippen LogP contribution in [0.1, 0.15) is 22.8 Å². The molecule has 0 saturated carbocycles. The van der Waals surface area contributed by atoms with Crippen molar-refractivity contribution in [3.63, 3.8) is 0 Å². The molecule has 0 unspecified atom stereocenters. The van der Waals surface area contributed by atoms with Crippen molar-refractivity contribution >= 4 is 22.5 Å². The number of ether oxygens (including phenoxy) is 1. The number of nitrogens with one attached hydrogen (secondary N) is 1. The van der Waals surface area contributed by atoms with Crippen LogP contribution in [-0.4, -0.2) is 17.1 Å². The fourth-order valence-electron chi connectivity index (χ4n) is 2.86. The van der Waals surface area contributed by atoms with E-state index in [0.717, 1.165) is 12.1 Å². The van der Waals surface area contributed by atoms with Crippen LogP contribution < -0.4 is 15.5 Å². The minimum absolute atomic E-state index is 0.0509. The van der Waals surface area contributed by atoms with Crippen molar-refractivity contribution in [2.24, 2.45) is 7.05 Å². The van der Waals surface area contributed by atoms with Crippen LogP contribution in [0.4, 0.5) is 18.9 Å². The summed E-state index contributed by atoms with van der Waals surface area (Å²) in [7, 11) is 1.67. The number of hydrogen-bond acceptors (Lipinski definition) is 3. The third-order valence-corrected chi connectivity index (χ3v) is 4.16. The summed E-state index contributed by atoms with van der Waals surface area (Å²) in [5.41, 5.74) is -1.05. The number of pyridine rings is 1. The number of hydrogen-bond donors (Lipinski definition) is 1. The minimum Gasteiger partial charge on any atom is -0.494 e.